The molecule has 0 radical (unpaired) electrons. The minimum atomic E-state index is -0.454. The molecule has 1 rings (SSSR count). The predicted octanol–water partition coefficient (Wildman–Crippen LogP) is 3.51. The number of hydrogen-bond acceptors (Lipinski definition) is 4. The molecular weight excluding hydrogens is 270 g/mol. The number of rotatable bonds is 9. The molecule has 1 atom stereocenters. The number of ether oxygens (including phenoxy) is 2. The van der Waals surface area contributed by atoms with Crippen LogP contribution in [0, 0.1) is 0 Å². The van der Waals surface area contributed by atoms with Crippen LogP contribution in [0.5, 0.6) is 0 Å². The van der Waals surface area contributed by atoms with Crippen molar-refractivity contribution in [3.05, 3.63) is 0 Å². The molecule has 5 heteroatoms. The fourth-order valence-electron chi connectivity index (χ4n) is 2.48. The van der Waals surface area contributed by atoms with Gasteiger partial charge in [-0.05, 0) is 25.7 Å². The highest BCUT2D eigenvalue weighted by molar-refractivity contribution is 5.82. The second kappa shape index (κ2) is 10.5. The summed E-state index contributed by atoms with van der Waals surface area (Å²) in [6.45, 7) is 5.55. The van der Waals surface area contributed by atoms with Crippen molar-refractivity contribution < 1.29 is 19.1 Å². The molecule has 1 amide bonds. The Morgan fingerprint density at radius 2 is 1.76 bits per heavy atom. The molecule has 1 heterocycles. The van der Waals surface area contributed by atoms with E-state index in [1.165, 1.54) is 24.2 Å². The summed E-state index contributed by atoms with van der Waals surface area (Å²) < 4.78 is 10.4. The highest BCUT2D eigenvalue weighted by Gasteiger charge is 2.36. The third-order valence-corrected chi connectivity index (χ3v) is 3.68. The molecule has 122 valence electrons. The minimum Gasteiger partial charge on any atom is -0.464 e. The zero-order chi connectivity index (χ0) is 15.5. The van der Waals surface area contributed by atoms with E-state index in [-0.39, 0.29) is 12.1 Å². The molecule has 0 aliphatic carbocycles. The topological polar surface area (TPSA) is 55.8 Å². The molecule has 21 heavy (non-hydrogen) atoms. The number of carbonyl (C=O) groups is 2. The van der Waals surface area contributed by atoms with E-state index in [0.29, 0.717) is 26.2 Å². The Morgan fingerprint density at radius 3 is 2.48 bits per heavy atom. The van der Waals surface area contributed by atoms with Crippen molar-refractivity contribution in [2.75, 3.05) is 19.8 Å². The van der Waals surface area contributed by atoms with Crippen LogP contribution >= 0.6 is 0 Å². The molecular formula is C16H29NO4. The number of hydrogen-bond donors (Lipinski definition) is 0. The molecule has 0 aromatic carbocycles. The number of unbranched alkanes of at least 4 members (excludes halogenated alkanes) is 4. The van der Waals surface area contributed by atoms with Crippen molar-refractivity contribution in [2.45, 2.75) is 71.3 Å². The Morgan fingerprint density at radius 1 is 1.00 bits per heavy atom. The van der Waals surface area contributed by atoms with Crippen LogP contribution in [0.3, 0.4) is 0 Å². The minimum absolute atomic E-state index is 0.281. The summed E-state index contributed by atoms with van der Waals surface area (Å²) in [6.07, 6.45) is 7.52. The summed E-state index contributed by atoms with van der Waals surface area (Å²) in [7, 11) is 0. The van der Waals surface area contributed by atoms with Crippen molar-refractivity contribution in [1.29, 1.82) is 0 Å². The Labute approximate surface area is 128 Å². The maximum Gasteiger partial charge on any atom is 0.410 e. The van der Waals surface area contributed by atoms with E-state index >= 15 is 0 Å². The second-order valence-corrected chi connectivity index (χ2v) is 5.55. The van der Waals surface area contributed by atoms with Gasteiger partial charge in [0.05, 0.1) is 13.2 Å². The summed E-state index contributed by atoms with van der Waals surface area (Å²) in [5.74, 6) is -0.281. The first-order chi connectivity index (χ1) is 10.2. The summed E-state index contributed by atoms with van der Waals surface area (Å²) in [5, 5.41) is 0. The van der Waals surface area contributed by atoms with Crippen LogP contribution in [-0.2, 0) is 14.3 Å². The summed E-state index contributed by atoms with van der Waals surface area (Å²) in [4.78, 5) is 25.4. The number of esters is 1. The van der Waals surface area contributed by atoms with Crippen molar-refractivity contribution in [3.63, 3.8) is 0 Å². The predicted molar refractivity (Wildman–Crippen MR) is 81.1 cm³/mol. The molecule has 0 aromatic heterocycles. The lowest BCUT2D eigenvalue weighted by Crippen LogP contribution is -2.41. The van der Waals surface area contributed by atoms with Crippen molar-refractivity contribution >= 4 is 12.1 Å². The molecule has 0 spiro atoms. The standard InChI is InChI=1S/C16H29NO4/c1-3-5-6-7-8-13-20-15(18)14-10-9-11-17(14)16(19)21-12-4-2/h14H,3-13H2,1-2H3. The SMILES string of the molecule is CCCCCCCOC(=O)C1CCCN1C(=O)OCCC. The van der Waals surface area contributed by atoms with Gasteiger partial charge in [0.15, 0.2) is 0 Å². The summed E-state index contributed by atoms with van der Waals surface area (Å²) in [6, 6.07) is -0.454. The maximum atomic E-state index is 12.1. The van der Waals surface area contributed by atoms with Crippen LogP contribution in [0.15, 0.2) is 0 Å². The van der Waals surface area contributed by atoms with E-state index in [1.807, 2.05) is 6.92 Å². The Balaban J connectivity index is 2.26. The van der Waals surface area contributed by atoms with Crippen molar-refractivity contribution in [3.8, 4) is 0 Å². The smallest absolute Gasteiger partial charge is 0.410 e. The van der Waals surface area contributed by atoms with Gasteiger partial charge in [-0.1, -0.05) is 39.5 Å². The molecule has 1 unspecified atom stereocenters. The monoisotopic (exact) mass is 299 g/mol. The third kappa shape index (κ3) is 6.36. The third-order valence-electron chi connectivity index (χ3n) is 3.68. The van der Waals surface area contributed by atoms with E-state index in [4.69, 9.17) is 9.47 Å². The first-order valence-corrected chi connectivity index (χ1v) is 8.30. The van der Waals surface area contributed by atoms with Gasteiger partial charge >= 0.3 is 12.1 Å². The zero-order valence-corrected chi connectivity index (χ0v) is 13.4. The van der Waals surface area contributed by atoms with Crippen LogP contribution in [0.1, 0.15) is 65.2 Å². The normalized spacial score (nSPS) is 17.8. The van der Waals surface area contributed by atoms with Crippen LogP contribution in [0.4, 0.5) is 4.79 Å². The molecule has 1 fully saturated rings. The maximum absolute atomic E-state index is 12.1. The second-order valence-electron chi connectivity index (χ2n) is 5.55. The van der Waals surface area contributed by atoms with Crippen LogP contribution in [0.25, 0.3) is 0 Å². The lowest BCUT2D eigenvalue weighted by molar-refractivity contribution is -0.148. The van der Waals surface area contributed by atoms with Crippen LogP contribution in [0.2, 0.25) is 0 Å². The van der Waals surface area contributed by atoms with E-state index in [9.17, 15) is 9.59 Å². The average molecular weight is 299 g/mol. The van der Waals surface area contributed by atoms with Crippen LogP contribution in [-0.4, -0.2) is 42.8 Å². The van der Waals surface area contributed by atoms with Gasteiger partial charge in [0.1, 0.15) is 6.04 Å². The van der Waals surface area contributed by atoms with Gasteiger partial charge < -0.3 is 9.47 Å². The first-order valence-electron chi connectivity index (χ1n) is 8.30. The van der Waals surface area contributed by atoms with E-state index in [2.05, 4.69) is 6.92 Å². The fourth-order valence-corrected chi connectivity index (χ4v) is 2.48. The Kier molecular flexibility index (Phi) is 8.87. The van der Waals surface area contributed by atoms with E-state index in [1.54, 1.807) is 0 Å². The lowest BCUT2D eigenvalue weighted by atomic mass is 10.2. The molecule has 0 N–H and O–H groups in total. The quantitative estimate of drug-likeness (QED) is 0.483. The molecule has 0 saturated carbocycles. The molecule has 1 aliphatic rings. The summed E-state index contributed by atoms with van der Waals surface area (Å²) >= 11 is 0. The van der Waals surface area contributed by atoms with Crippen molar-refractivity contribution in [2.24, 2.45) is 0 Å². The van der Waals surface area contributed by atoms with Gasteiger partial charge in [0.25, 0.3) is 0 Å². The number of amides is 1. The fraction of sp³-hybridized carbons (Fsp3) is 0.875. The molecule has 1 saturated heterocycles. The van der Waals surface area contributed by atoms with Crippen molar-refractivity contribution in [1.82, 2.24) is 4.90 Å². The van der Waals surface area contributed by atoms with E-state index in [0.717, 1.165) is 25.7 Å². The Hall–Kier alpha value is -1.26. The Bertz CT molecular complexity index is 319. The van der Waals surface area contributed by atoms with Crippen LogP contribution < -0.4 is 0 Å². The zero-order valence-electron chi connectivity index (χ0n) is 13.4. The first kappa shape index (κ1) is 17.8. The van der Waals surface area contributed by atoms with Gasteiger partial charge in [0.2, 0.25) is 0 Å². The average Bonchev–Trinajstić information content (AvgIpc) is 2.97. The highest BCUT2D eigenvalue weighted by atomic mass is 16.6. The van der Waals surface area contributed by atoms with E-state index < -0.39 is 6.04 Å². The summed E-state index contributed by atoms with van der Waals surface area (Å²) in [5.41, 5.74) is 0. The number of nitrogens with zero attached hydrogens (tertiary/aromatic N) is 1. The molecule has 0 bridgehead atoms. The molecule has 0 aromatic rings. The van der Waals surface area contributed by atoms with Gasteiger partial charge in [-0.25, -0.2) is 9.59 Å². The number of carbonyl (C=O) groups excluding carboxylic acids is 2. The number of likely N-dealkylation sites (tertiary alicyclic amines) is 1. The largest absolute Gasteiger partial charge is 0.464 e. The van der Waals surface area contributed by atoms with Gasteiger partial charge in [-0.3, -0.25) is 4.90 Å². The van der Waals surface area contributed by atoms with Gasteiger partial charge in [-0.2, -0.15) is 0 Å². The highest BCUT2D eigenvalue weighted by Crippen LogP contribution is 2.19. The van der Waals surface area contributed by atoms with Gasteiger partial charge in [0, 0.05) is 6.54 Å². The van der Waals surface area contributed by atoms with Gasteiger partial charge in [-0.15, -0.1) is 0 Å². The molecule has 5 nitrogen and oxygen atoms in total. The molecule has 1 aliphatic heterocycles. The lowest BCUT2D eigenvalue weighted by Gasteiger charge is -2.22.